The highest BCUT2D eigenvalue weighted by atomic mass is 35.5. The maximum absolute atomic E-state index is 12.4. The van der Waals surface area contributed by atoms with Gasteiger partial charge in [-0.1, -0.05) is 17.7 Å². The van der Waals surface area contributed by atoms with Crippen LogP contribution in [-0.2, 0) is 9.53 Å². The summed E-state index contributed by atoms with van der Waals surface area (Å²) in [4.78, 5) is 16.2. The topological polar surface area (TPSA) is 57.1 Å². The normalized spacial score (nSPS) is 15.2. The molecule has 1 heterocycles. The monoisotopic (exact) mass is 379 g/mol. The van der Waals surface area contributed by atoms with E-state index in [1.54, 1.807) is 24.3 Å². The molecule has 134 valence electrons. The molecule has 0 atom stereocenters. The van der Waals surface area contributed by atoms with Crippen molar-refractivity contribution in [2.45, 2.75) is 6.61 Å². The van der Waals surface area contributed by atoms with Crippen molar-refractivity contribution >= 4 is 29.5 Å². The van der Waals surface area contributed by atoms with Crippen LogP contribution < -0.4 is 9.47 Å². The molecule has 0 unspecified atom stereocenters. The van der Waals surface area contributed by atoms with Crippen LogP contribution in [0.3, 0.4) is 0 Å². The molecular formula is C18H12ClF2NO4. The molecule has 5 nitrogen and oxygen atoms in total. The minimum Gasteiger partial charge on any atom is -0.493 e. The second kappa shape index (κ2) is 7.53. The van der Waals surface area contributed by atoms with Gasteiger partial charge in [-0.15, -0.1) is 0 Å². The first-order valence-electron chi connectivity index (χ1n) is 7.37. The number of nitrogens with zero attached hydrogens (tertiary/aromatic N) is 1. The van der Waals surface area contributed by atoms with Gasteiger partial charge < -0.3 is 14.2 Å². The average molecular weight is 380 g/mol. The minimum absolute atomic E-state index is 0.0690. The van der Waals surface area contributed by atoms with Gasteiger partial charge in [0.25, 0.3) is 0 Å². The molecule has 2 aromatic carbocycles. The van der Waals surface area contributed by atoms with E-state index in [1.165, 1.54) is 31.4 Å². The van der Waals surface area contributed by atoms with E-state index in [1.807, 2.05) is 0 Å². The standard InChI is InChI=1S/C18H12ClF2NO4/c1-24-15-9-10(2-7-14(15)25-18(20)21)8-13-17(23)26-16(22-13)11-3-5-12(19)6-4-11/h2-9,18H,1H3. The lowest BCUT2D eigenvalue weighted by atomic mass is 10.1. The maximum atomic E-state index is 12.4. The highest BCUT2D eigenvalue weighted by molar-refractivity contribution is 6.30. The Hall–Kier alpha value is -2.93. The highest BCUT2D eigenvalue weighted by Crippen LogP contribution is 2.31. The van der Waals surface area contributed by atoms with Crippen LogP contribution in [0.2, 0.25) is 5.02 Å². The van der Waals surface area contributed by atoms with Crippen LogP contribution >= 0.6 is 11.6 Å². The van der Waals surface area contributed by atoms with Crippen LogP contribution in [0.5, 0.6) is 11.5 Å². The molecule has 1 aliphatic rings. The van der Waals surface area contributed by atoms with Crippen LogP contribution in [0.1, 0.15) is 11.1 Å². The fourth-order valence-corrected chi connectivity index (χ4v) is 2.38. The van der Waals surface area contributed by atoms with Crippen molar-refractivity contribution in [3.63, 3.8) is 0 Å². The average Bonchev–Trinajstić information content (AvgIpc) is 2.97. The molecular weight excluding hydrogens is 368 g/mol. The zero-order valence-corrected chi connectivity index (χ0v) is 14.2. The van der Waals surface area contributed by atoms with Gasteiger partial charge in [0.15, 0.2) is 17.2 Å². The number of hydrogen-bond acceptors (Lipinski definition) is 5. The third-order valence-electron chi connectivity index (χ3n) is 3.42. The summed E-state index contributed by atoms with van der Waals surface area (Å²) in [6, 6.07) is 10.9. The number of methoxy groups -OCH3 is 1. The van der Waals surface area contributed by atoms with Gasteiger partial charge in [-0.3, -0.25) is 0 Å². The van der Waals surface area contributed by atoms with Crippen molar-refractivity contribution in [3.8, 4) is 11.5 Å². The Kier molecular flexibility index (Phi) is 5.18. The molecule has 8 heteroatoms. The summed E-state index contributed by atoms with van der Waals surface area (Å²) in [6.45, 7) is -2.97. The molecule has 0 aliphatic carbocycles. The van der Waals surface area contributed by atoms with Crippen molar-refractivity contribution in [2.24, 2.45) is 4.99 Å². The third-order valence-corrected chi connectivity index (χ3v) is 3.67. The van der Waals surface area contributed by atoms with Crippen molar-refractivity contribution in [1.29, 1.82) is 0 Å². The Bertz CT molecular complexity index is 895. The van der Waals surface area contributed by atoms with Gasteiger partial charge in [-0.2, -0.15) is 8.78 Å². The summed E-state index contributed by atoms with van der Waals surface area (Å²) < 4.78 is 39.3. The van der Waals surface area contributed by atoms with E-state index in [4.69, 9.17) is 21.1 Å². The highest BCUT2D eigenvalue weighted by Gasteiger charge is 2.24. The van der Waals surface area contributed by atoms with Gasteiger partial charge in [0, 0.05) is 10.6 Å². The quantitative estimate of drug-likeness (QED) is 0.574. The fourth-order valence-electron chi connectivity index (χ4n) is 2.25. The molecule has 2 aromatic rings. The van der Waals surface area contributed by atoms with E-state index in [-0.39, 0.29) is 23.1 Å². The summed E-state index contributed by atoms with van der Waals surface area (Å²) in [5.41, 5.74) is 1.18. The number of alkyl halides is 2. The molecule has 0 amide bonds. The SMILES string of the molecule is COc1cc(C=C2N=C(c3ccc(Cl)cc3)OC2=O)ccc1OC(F)F. The number of benzene rings is 2. The van der Waals surface area contributed by atoms with Crippen LogP contribution in [0.25, 0.3) is 6.08 Å². The zero-order chi connectivity index (χ0) is 18.7. The van der Waals surface area contributed by atoms with Crippen molar-refractivity contribution < 1.29 is 27.8 Å². The second-order valence-electron chi connectivity index (χ2n) is 5.13. The first kappa shape index (κ1) is 17.9. The fraction of sp³-hybridized carbons (Fsp3) is 0.111. The molecule has 0 bridgehead atoms. The molecule has 0 N–H and O–H groups in total. The lowest BCUT2D eigenvalue weighted by molar-refractivity contribution is -0.129. The number of carbonyl (C=O) groups is 1. The predicted molar refractivity (Wildman–Crippen MR) is 91.7 cm³/mol. The summed E-state index contributed by atoms with van der Waals surface area (Å²) in [5.74, 6) is -0.471. The first-order valence-corrected chi connectivity index (χ1v) is 7.75. The molecule has 0 spiro atoms. The van der Waals surface area contributed by atoms with Crippen molar-refractivity contribution in [3.05, 3.63) is 64.3 Å². The van der Waals surface area contributed by atoms with E-state index < -0.39 is 12.6 Å². The summed E-state index contributed by atoms with van der Waals surface area (Å²) in [5, 5.41) is 0.549. The van der Waals surface area contributed by atoms with Crippen LogP contribution in [0.4, 0.5) is 8.78 Å². The molecule has 0 saturated carbocycles. The largest absolute Gasteiger partial charge is 0.493 e. The van der Waals surface area contributed by atoms with Gasteiger partial charge in [-0.05, 0) is 48.0 Å². The minimum atomic E-state index is -2.97. The van der Waals surface area contributed by atoms with Gasteiger partial charge in [0.2, 0.25) is 5.90 Å². The third kappa shape index (κ3) is 4.00. The Balaban J connectivity index is 1.89. The smallest absolute Gasteiger partial charge is 0.387 e. The Morgan fingerprint density at radius 1 is 1.15 bits per heavy atom. The number of ether oxygens (including phenoxy) is 3. The number of halogens is 3. The Morgan fingerprint density at radius 3 is 2.54 bits per heavy atom. The lowest BCUT2D eigenvalue weighted by Gasteiger charge is -2.10. The van der Waals surface area contributed by atoms with Crippen molar-refractivity contribution in [2.75, 3.05) is 7.11 Å². The molecule has 0 radical (unpaired) electrons. The van der Waals surface area contributed by atoms with Gasteiger partial charge in [0.05, 0.1) is 7.11 Å². The van der Waals surface area contributed by atoms with Crippen LogP contribution in [0.15, 0.2) is 53.2 Å². The molecule has 3 rings (SSSR count). The number of carbonyl (C=O) groups excluding carboxylic acids is 1. The van der Waals surface area contributed by atoms with E-state index in [9.17, 15) is 13.6 Å². The zero-order valence-electron chi connectivity index (χ0n) is 13.4. The van der Waals surface area contributed by atoms with Crippen LogP contribution in [-0.4, -0.2) is 25.6 Å². The number of cyclic esters (lactones) is 1. The van der Waals surface area contributed by atoms with Gasteiger partial charge in [-0.25, -0.2) is 9.79 Å². The summed E-state index contributed by atoms with van der Waals surface area (Å²) >= 11 is 5.83. The molecule has 1 aliphatic heterocycles. The number of esters is 1. The summed E-state index contributed by atoms with van der Waals surface area (Å²) in [6.07, 6.45) is 1.46. The van der Waals surface area contributed by atoms with Gasteiger partial charge >= 0.3 is 12.6 Å². The van der Waals surface area contributed by atoms with E-state index in [0.717, 1.165) is 0 Å². The number of rotatable bonds is 5. The molecule has 26 heavy (non-hydrogen) atoms. The summed E-state index contributed by atoms with van der Waals surface area (Å²) in [7, 11) is 1.32. The Morgan fingerprint density at radius 2 is 1.88 bits per heavy atom. The molecule has 0 fully saturated rings. The predicted octanol–water partition coefficient (Wildman–Crippen LogP) is 4.29. The van der Waals surface area contributed by atoms with E-state index >= 15 is 0 Å². The van der Waals surface area contributed by atoms with Crippen molar-refractivity contribution in [1.82, 2.24) is 0 Å². The second-order valence-corrected chi connectivity index (χ2v) is 5.57. The van der Waals surface area contributed by atoms with Crippen LogP contribution in [0, 0.1) is 0 Å². The van der Waals surface area contributed by atoms with Gasteiger partial charge in [0.1, 0.15) is 0 Å². The van der Waals surface area contributed by atoms with E-state index in [0.29, 0.717) is 16.1 Å². The molecule has 0 saturated heterocycles. The first-order chi connectivity index (χ1) is 12.5. The number of aliphatic imine (C=N–C) groups is 1. The molecule has 0 aromatic heterocycles. The maximum Gasteiger partial charge on any atom is 0.387 e. The van der Waals surface area contributed by atoms with E-state index in [2.05, 4.69) is 9.73 Å². The lowest BCUT2D eigenvalue weighted by Crippen LogP contribution is -2.05. The Labute approximate surface area is 152 Å². The number of hydrogen-bond donors (Lipinski definition) is 0.